The first-order chi connectivity index (χ1) is 10.7. The van der Waals surface area contributed by atoms with E-state index in [0.29, 0.717) is 17.8 Å². The molecule has 1 aromatic heterocycles. The number of hydrogen-bond acceptors (Lipinski definition) is 3. The maximum absolute atomic E-state index is 11.2. The van der Waals surface area contributed by atoms with E-state index in [1.807, 2.05) is 0 Å². The maximum Gasteiger partial charge on any atom is 0.354 e. The van der Waals surface area contributed by atoms with Gasteiger partial charge in [-0.05, 0) is 43.2 Å². The second-order valence-electron chi connectivity index (χ2n) is 6.94. The summed E-state index contributed by atoms with van der Waals surface area (Å²) >= 11 is 0. The molecule has 0 spiro atoms. The molecular weight excluding hydrogens is 288 g/mol. The van der Waals surface area contributed by atoms with E-state index in [9.17, 15) is 9.90 Å². The molecule has 4 nitrogen and oxygen atoms in total. The highest BCUT2D eigenvalue weighted by atomic mass is 16.4. The Morgan fingerprint density at radius 3 is 2.17 bits per heavy atom. The molecule has 2 rings (SSSR count). The van der Waals surface area contributed by atoms with Gasteiger partial charge in [0.25, 0.3) is 0 Å². The Hall–Kier alpha value is -2.23. The largest absolute Gasteiger partial charge is 0.477 e. The van der Waals surface area contributed by atoms with Crippen LogP contribution in [0.2, 0.25) is 0 Å². The molecule has 0 saturated carbocycles. The molecule has 0 unspecified atom stereocenters. The van der Waals surface area contributed by atoms with Crippen molar-refractivity contribution < 1.29 is 9.90 Å². The van der Waals surface area contributed by atoms with Gasteiger partial charge in [0.15, 0.2) is 5.69 Å². The van der Waals surface area contributed by atoms with Gasteiger partial charge in [-0.1, -0.05) is 45.0 Å². The van der Waals surface area contributed by atoms with Gasteiger partial charge < -0.3 is 5.11 Å². The average Bonchev–Trinajstić information content (AvgIpc) is 2.47. The molecule has 1 aromatic carbocycles. The predicted molar refractivity (Wildman–Crippen MR) is 91.0 cm³/mol. The van der Waals surface area contributed by atoms with E-state index in [-0.39, 0.29) is 11.1 Å². The second-order valence-corrected chi connectivity index (χ2v) is 6.94. The highest BCUT2D eigenvalue weighted by Crippen LogP contribution is 2.22. The third-order valence-corrected chi connectivity index (χ3v) is 4.03. The van der Waals surface area contributed by atoms with Gasteiger partial charge in [-0.15, -0.1) is 0 Å². The molecule has 1 N–H and O–H groups in total. The van der Waals surface area contributed by atoms with Crippen LogP contribution in [-0.2, 0) is 18.3 Å². The molecule has 0 radical (unpaired) electrons. The molecule has 1 heterocycles. The fourth-order valence-corrected chi connectivity index (χ4v) is 2.57. The molecule has 2 aromatic rings. The van der Waals surface area contributed by atoms with Gasteiger partial charge in [0.05, 0.1) is 0 Å². The van der Waals surface area contributed by atoms with Crippen LogP contribution < -0.4 is 0 Å². The molecular formula is C19H24N2O2. The van der Waals surface area contributed by atoms with Crippen molar-refractivity contribution in [3.8, 4) is 0 Å². The summed E-state index contributed by atoms with van der Waals surface area (Å²) in [5.41, 5.74) is 4.27. The molecule has 0 aliphatic rings. The normalized spacial score (nSPS) is 11.5. The minimum Gasteiger partial charge on any atom is -0.477 e. The van der Waals surface area contributed by atoms with Gasteiger partial charge >= 0.3 is 5.97 Å². The number of hydrogen-bond donors (Lipinski definition) is 1. The number of carbonyl (C=O) groups is 1. The van der Waals surface area contributed by atoms with Crippen LogP contribution in [0.4, 0.5) is 0 Å². The first-order valence-corrected chi connectivity index (χ1v) is 7.85. The lowest BCUT2D eigenvalue weighted by Gasteiger charge is -2.19. The van der Waals surface area contributed by atoms with Crippen LogP contribution in [0.15, 0.2) is 24.3 Å². The minimum absolute atomic E-state index is 0.107. The van der Waals surface area contributed by atoms with Crippen molar-refractivity contribution in [2.45, 2.75) is 52.9 Å². The van der Waals surface area contributed by atoms with E-state index >= 15 is 0 Å². The fraction of sp³-hybridized carbons (Fsp3) is 0.421. The lowest BCUT2D eigenvalue weighted by Crippen LogP contribution is -2.12. The topological polar surface area (TPSA) is 63.1 Å². The Kier molecular flexibility index (Phi) is 4.83. The third kappa shape index (κ3) is 4.15. The van der Waals surface area contributed by atoms with Gasteiger partial charge in [-0.2, -0.15) is 0 Å². The Morgan fingerprint density at radius 2 is 1.65 bits per heavy atom. The second kappa shape index (κ2) is 6.49. The highest BCUT2D eigenvalue weighted by Gasteiger charge is 2.15. The average molecular weight is 312 g/mol. The molecule has 0 fully saturated rings. The molecule has 23 heavy (non-hydrogen) atoms. The summed E-state index contributed by atoms with van der Waals surface area (Å²) in [5.74, 6) is -0.491. The summed E-state index contributed by atoms with van der Waals surface area (Å²) in [4.78, 5) is 19.7. The van der Waals surface area contributed by atoms with E-state index in [2.05, 4.69) is 55.0 Å². The maximum atomic E-state index is 11.2. The molecule has 0 saturated heterocycles. The van der Waals surface area contributed by atoms with E-state index in [4.69, 9.17) is 0 Å². The number of aromatic nitrogens is 2. The zero-order chi connectivity index (χ0) is 17.2. The Morgan fingerprint density at radius 1 is 1.04 bits per heavy atom. The summed E-state index contributed by atoms with van der Waals surface area (Å²) in [7, 11) is 0. The molecule has 0 atom stereocenters. The molecule has 0 aliphatic carbocycles. The number of benzene rings is 1. The zero-order valence-electron chi connectivity index (χ0n) is 14.5. The first-order valence-electron chi connectivity index (χ1n) is 7.85. The van der Waals surface area contributed by atoms with E-state index in [1.165, 1.54) is 11.1 Å². The number of carboxylic acid groups (broad SMARTS) is 1. The molecule has 0 bridgehead atoms. The molecule has 4 heteroatoms. The van der Waals surface area contributed by atoms with E-state index in [1.54, 1.807) is 13.8 Å². The lowest BCUT2D eigenvalue weighted by atomic mass is 9.86. The van der Waals surface area contributed by atoms with Crippen LogP contribution in [0.5, 0.6) is 0 Å². The predicted octanol–water partition coefficient (Wildman–Crippen LogP) is 3.87. The van der Waals surface area contributed by atoms with Crippen molar-refractivity contribution in [3.63, 3.8) is 0 Å². The Balaban J connectivity index is 2.17. The van der Waals surface area contributed by atoms with Crippen LogP contribution in [0.25, 0.3) is 0 Å². The van der Waals surface area contributed by atoms with Crippen LogP contribution in [-0.4, -0.2) is 21.0 Å². The summed E-state index contributed by atoms with van der Waals surface area (Å²) in [6.45, 7) is 10.1. The smallest absolute Gasteiger partial charge is 0.354 e. The van der Waals surface area contributed by atoms with Gasteiger partial charge in [0, 0.05) is 11.3 Å². The number of carboxylic acids is 1. The van der Waals surface area contributed by atoms with Gasteiger partial charge in [-0.25, -0.2) is 14.8 Å². The van der Waals surface area contributed by atoms with Crippen LogP contribution >= 0.6 is 0 Å². The number of nitrogens with zero attached hydrogens (tertiary/aromatic N) is 2. The van der Waals surface area contributed by atoms with Crippen molar-refractivity contribution in [3.05, 3.63) is 58.2 Å². The van der Waals surface area contributed by atoms with Crippen molar-refractivity contribution >= 4 is 5.97 Å². The third-order valence-electron chi connectivity index (χ3n) is 4.03. The van der Waals surface area contributed by atoms with Gasteiger partial charge in [0.1, 0.15) is 5.82 Å². The van der Waals surface area contributed by atoms with Gasteiger partial charge in [0.2, 0.25) is 0 Å². The lowest BCUT2D eigenvalue weighted by molar-refractivity contribution is 0.0689. The zero-order valence-corrected chi connectivity index (χ0v) is 14.5. The first kappa shape index (κ1) is 17.1. The molecule has 122 valence electrons. The standard InChI is InChI=1S/C19H24N2O2/c1-12-16(20-13(2)21-17(12)18(22)23)11-8-14-6-9-15(10-7-14)19(3,4)5/h6-7,9-10H,8,11H2,1-5H3,(H,22,23). The monoisotopic (exact) mass is 312 g/mol. The summed E-state index contributed by atoms with van der Waals surface area (Å²) in [6, 6.07) is 8.61. The minimum atomic E-state index is -0.996. The highest BCUT2D eigenvalue weighted by molar-refractivity contribution is 5.87. The Bertz CT molecular complexity index is 713. The van der Waals surface area contributed by atoms with Crippen molar-refractivity contribution in [1.82, 2.24) is 9.97 Å². The SMILES string of the molecule is Cc1nc(CCc2ccc(C(C)(C)C)cc2)c(C)c(C(=O)O)n1. The van der Waals surface area contributed by atoms with Gasteiger partial charge in [-0.3, -0.25) is 0 Å². The van der Waals surface area contributed by atoms with E-state index in [0.717, 1.165) is 12.1 Å². The van der Waals surface area contributed by atoms with Crippen molar-refractivity contribution in [2.75, 3.05) is 0 Å². The molecule has 0 amide bonds. The summed E-state index contributed by atoms with van der Waals surface area (Å²) in [5, 5.41) is 9.22. The number of aromatic carboxylic acids is 1. The molecule has 0 aliphatic heterocycles. The number of aryl methyl sites for hydroxylation is 3. The van der Waals surface area contributed by atoms with Crippen molar-refractivity contribution in [1.29, 1.82) is 0 Å². The van der Waals surface area contributed by atoms with Crippen LogP contribution in [0.3, 0.4) is 0 Å². The quantitative estimate of drug-likeness (QED) is 0.930. The van der Waals surface area contributed by atoms with Crippen LogP contribution in [0, 0.1) is 13.8 Å². The Labute approximate surface area is 137 Å². The number of rotatable bonds is 4. The summed E-state index contributed by atoms with van der Waals surface area (Å²) < 4.78 is 0. The van der Waals surface area contributed by atoms with Crippen molar-refractivity contribution in [2.24, 2.45) is 0 Å². The fourth-order valence-electron chi connectivity index (χ4n) is 2.57. The van der Waals surface area contributed by atoms with E-state index < -0.39 is 5.97 Å². The van der Waals surface area contributed by atoms with Crippen LogP contribution in [0.1, 0.15) is 59.5 Å². The summed E-state index contributed by atoms with van der Waals surface area (Å²) in [6.07, 6.45) is 1.55.